The summed E-state index contributed by atoms with van der Waals surface area (Å²) >= 11 is 0.969. The van der Waals surface area contributed by atoms with Gasteiger partial charge < -0.3 is 34.6 Å². The normalized spacial score (nSPS) is 17.6. The Balaban J connectivity index is 1.21. The van der Waals surface area contributed by atoms with Gasteiger partial charge in [0.25, 0.3) is 11.8 Å². The third kappa shape index (κ3) is 11.6. The molecule has 316 valence electrons. The summed E-state index contributed by atoms with van der Waals surface area (Å²) in [6, 6.07) is 6.19. The highest BCUT2D eigenvalue weighted by Crippen LogP contribution is 2.33. The second-order valence-electron chi connectivity index (χ2n) is 15.9. The number of anilines is 2. The van der Waals surface area contributed by atoms with E-state index in [2.05, 4.69) is 35.4 Å². The summed E-state index contributed by atoms with van der Waals surface area (Å²) in [4.78, 5) is 67.0. The molecule has 58 heavy (non-hydrogen) atoms. The van der Waals surface area contributed by atoms with Crippen LogP contribution in [0.3, 0.4) is 0 Å². The van der Waals surface area contributed by atoms with E-state index in [4.69, 9.17) is 23.6 Å². The van der Waals surface area contributed by atoms with Crippen LogP contribution < -0.4 is 20.7 Å². The van der Waals surface area contributed by atoms with E-state index in [9.17, 15) is 27.6 Å². The zero-order valence-electron chi connectivity index (χ0n) is 33.4. The number of nitrogens with zero attached hydrogens (tertiary/aromatic N) is 5. The molecule has 0 bridgehead atoms. The molecule has 3 aromatic rings. The van der Waals surface area contributed by atoms with Gasteiger partial charge in [-0.1, -0.05) is 5.16 Å². The standard InChI is InChI=1S/C36H48N8O12S2/c1-34(2,3)54-32(47)41-31-39-25(20-57-31)26(29(45)40-27-30(46)44(36(27,7)8)56-58(49,50)51)42-53-18-17-52-23-9-10-24-21(19-23)11-14-37-28(24)38-22-12-15-43(16-13-22)33(48)55-35(4,5)6/h9-11,14,19-20,22,27H,12-13,15-18H2,1-8H3,(H,37,38)(H,40,45)(H,39,41,47)(H,49,50,51)/b42-26-/t27-/m1/s1. The molecule has 0 spiro atoms. The van der Waals surface area contributed by atoms with Crippen LogP contribution in [0, 0.1) is 0 Å². The second-order valence-corrected chi connectivity index (χ2v) is 17.8. The molecule has 2 aliphatic rings. The topological polar surface area (TPSA) is 250 Å². The number of benzene rings is 1. The molecule has 2 saturated heterocycles. The number of nitrogens with one attached hydrogen (secondary N) is 3. The van der Waals surface area contributed by atoms with Crippen molar-refractivity contribution in [1.29, 1.82) is 0 Å². The molecule has 2 fully saturated rings. The number of likely N-dealkylation sites (tertiary alicyclic amines) is 1. The number of amides is 4. The lowest BCUT2D eigenvalue weighted by molar-refractivity contribution is -0.218. The lowest BCUT2D eigenvalue weighted by Crippen LogP contribution is -2.76. The minimum absolute atomic E-state index is 0.00884. The van der Waals surface area contributed by atoms with E-state index in [0.29, 0.717) is 29.7 Å². The zero-order valence-corrected chi connectivity index (χ0v) is 35.0. The van der Waals surface area contributed by atoms with Crippen LogP contribution in [0.1, 0.15) is 73.9 Å². The van der Waals surface area contributed by atoms with Gasteiger partial charge in [0.1, 0.15) is 41.1 Å². The molecule has 1 atom stereocenters. The van der Waals surface area contributed by atoms with Crippen LogP contribution in [0.15, 0.2) is 41.0 Å². The summed E-state index contributed by atoms with van der Waals surface area (Å²) < 4.78 is 52.6. The maximum absolute atomic E-state index is 13.5. The number of hydroxylamine groups is 2. The molecule has 0 unspecified atom stereocenters. The summed E-state index contributed by atoms with van der Waals surface area (Å²) in [5.74, 6) is -0.639. The second kappa shape index (κ2) is 17.3. The molecule has 0 radical (unpaired) electrons. The van der Waals surface area contributed by atoms with E-state index in [-0.39, 0.29) is 41.9 Å². The number of aromatic nitrogens is 2. The minimum Gasteiger partial charge on any atom is -0.490 e. The molecule has 20 nitrogen and oxygen atoms in total. The lowest BCUT2D eigenvalue weighted by Gasteiger charge is -2.50. The molecule has 2 aliphatic heterocycles. The van der Waals surface area contributed by atoms with Crippen LogP contribution in [-0.4, -0.2) is 118 Å². The van der Waals surface area contributed by atoms with E-state index in [1.807, 2.05) is 39.0 Å². The van der Waals surface area contributed by atoms with E-state index in [1.54, 1.807) is 37.9 Å². The Morgan fingerprint density at radius 2 is 1.72 bits per heavy atom. The van der Waals surface area contributed by atoms with E-state index in [0.717, 1.165) is 35.0 Å². The zero-order chi connectivity index (χ0) is 42.6. The van der Waals surface area contributed by atoms with Gasteiger partial charge in [-0.05, 0) is 97.9 Å². The first-order valence-electron chi connectivity index (χ1n) is 18.2. The molecule has 2 aromatic heterocycles. The number of β-lactam (4-membered cyclic amide) rings is 1. The van der Waals surface area contributed by atoms with Gasteiger partial charge in [-0.25, -0.2) is 19.6 Å². The SMILES string of the molecule is CC(C)(C)OC(=O)Nc1nc(/C(=N/OCCOc2ccc3c(NC4CCN(C(=O)OC(C)(C)C)CC4)nccc3c2)C(=O)N[C@@H]2C(=O)N(OS(=O)(=O)O)C2(C)C)cs1. The Morgan fingerprint density at radius 1 is 1.03 bits per heavy atom. The van der Waals surface area contributed by atoms with Crippen LogP contribution in [0.2, 0.25) is 0 Å². The van der Waals surface area contributed by atoms with Crippen LogP contribution in [-0.2, 0) is 38.6 Å². The lowest BCUT2D eigenvalue weighted by atomic mass is 9.84. The number of hydrogen-bond donors (Lipinski definition) is 4. The highest BCUT2D eigenvalue weighted by atomic mass is 32.3. The number of fused-ring (bicyclic) bond motifs is 1. The number of carbonyl (C=O) groups excluding carboxylic acids is 4. The van der Waals surface area contributed by atoms with Gasteiger partial charge in [0, 0.05) is 36.1 Å². The number of oxime groups is 1. The summed E-state index contributed by atoms with van der Waals surface area (Å²) in [7, 11) is -5.02. The van der Waals surface area contributed by atoms with Gasteiger partial charge >= 0.3 is 22.6 Å². The molecule has 5 rings (SSSR count). The van der Waals surface area contributed by atoms with Crippen molar-refractivity contribution in [2.45, 2.75) is 97.1 Å². The van der Waals surface area contributed by atoms with Crippen LogP contribution in [0.25, 0.3) is 10.8 Å². The van der Waals surface area contributed by atoms with Crippen molar-refractivity contribution in [3.63, 3.8) is 0 Å². The molecule has 22 heteroatoms. The highest BCUT2D eigenvalue weighted by molar-refractivity contribution is 7.80. The van der Waals surface area contributed by atoms with Crippen molar-refractivity contribution in [3.8, 4) is 5.75 Å². The van der Waals surface area contributed by atoms with Gasteiger partial charge in [0.05, 0.1) is 5.54 Å². The Kier molecular flexibility index (Phi) is 13.0. The fourth-order valence-electron chi connectivity index (χ4n) is 5.85. The average Bonchev–Trinajstić information content (AvgIpc) is 3.56. The number of carbonyl (C=O) groups is 4. The predicted octanol–water partition coefficient (Wildman–Crippen LogP) is 4.49. The fourth-order valence-corrected chi connectivity index (χ4v) is 6.98. The number of rotatable bonds is 13. The van der Waals surface area contributed by atoms with Crippen LogP contribution >= 0.6 is 11.3 Å². The van der Waals surface area contributed by atoms with Gasteiger partial charge in [0.2, 0.25) is 0 Å². The Labute approximate surface area is 339 Å². The average molecular weight is 849 g/mol. The monoisotopic (exact) mass is 848 g/mol. The number of hydrogen-bond acceptors (Lipinski definition) is 16. The molecule has 1 aromatic carbocycles. The summed E-state index contributed by atoms with van der Waals surface area (Å²) in [5, 5.41) is 16.1. The van der Waals surface area contributed by atoms with Crippen molar-refractivity contribution < 1.29 is 55.5 Å². The number of ether oxygens (including phenoxy) is 3. The molecule has 4 heterocycles. The van der Waals surface area contributed by atoms with Crippen molar-refractivity contribution in [2.24, 2.45) is 5.16 Å². The van der Waals surface area contributed by atoms with Crippen LogP contribution in [0.4, 0.5) is 20.5 Å². The summed E-state index contributed by atoms with van der Waals surface area (Å²) in [6.07, 6.45) is 2.07. The predicted molar refractivity (Wildman–Crippen MR) is 212 cm³/mol. The van der Waals surface area contributed by atoms with E-state index >= 15 is 0 Å². The quantitative estimate of drug-likeness (QED) is 0.0608. The summed E-state index contributed by atoms with van der Waals surface area (Å²) in [5.41, 5.74) is -3.14. The maximum atomic E-state index is 13.5. The third-order valence-electron chi connectivity index (χ3n) is 8.51. The van der Waals surface area contributed by atoms with Crippen molar-refractivity contribution in [3.05, 3.63) is 41.5 Å². The highest BCUT2D eigenvalue weighted by Gasteiger charge is 2.58. The molecule has 0 aliphatic carbocycles. The van der Waals surface area contributed by atoms with Crippen molar-refractivity contribution >= 4 is 73.2 Å². The smallest absolute Gasteiger partial charge is 0.418 e. The Bertz CT molecular complexity index is 2160. The first-order chi connectivity index (χ1) is 27.0. The Hall–Kier alpha value is -5.32. The molecule has 0 saturated carbocycles. The van der Waals surface area contributed by atoms with Gasteiger partial charge in [-0.3, -0.25) is 19.5 Å². The molecular formula is C36H48N8O12S2. The number of pyridine rings is 1. The van der Waals surface area contributed by atoms with Crippen molar-refractivity contribution in [1.82, 2.24) is 25.2 Å². The molecular weight excluding hydrogens is 801 g/mol. The van der Waals surface area contributed by atoms with Crippen LogP contribution in [0.5, 0.6) is 5.75 Å². The number of piperidine rings is 1. The summed E-state index contributed by atoms with van der Waals surface area (Å²) in [6.45, 7) is 14.4. The van der Waals surface area contributed by atoms with E-state index in [1.165, 1.54) is 19.2 Å². The number of thiazole rings is 1. The molecule has 4 amide bonds. The Morgan fingerprint density at radius 3 is 2.36 bits per heavy atom. The van der Waals surface area contributed by atoms with E-state index < -0.39 is 51.1 Å². The minimum atomic E-state index is -5.02. The van der Waals surface area contributed by atoms with Gasteiger partial charge in [0.15, 0.2) is 17.5 Å². The third-order valence-corrected chi connectivity index (χ3v) is 9.61. The largest absolute Gasteiger partial charge is 0.490 e. The first kappa shape index (κ1) is 43.8. The van der Waals surface area contributed by atoms with Gasteiger partial charge in [-0.2, -0.15) is 13.5 Å². The first-order valence-corrected chi connectivity index (χ1v) is 20.5. The van der Waals surface area contributed by atoms with Crippen molar-refractivity contribution in [2.75, 3.05) is 36.9 Å². The van der Waals surface area contributed by atoms with Gasteiger partial charge in [-0.15, -0.1) is 15.6 Å². The molecule has 4 N–H and O–H groups in total. The maximum Gasteiger partial charge on any atom is 0.418 e. The fraction of sp³-hybridized carbons (Fsp3) is 0.528.